The Hall–Kier alpha value is -5.22. The first-order valence-electron chi connectivity index (χ1n) is 12.4. The number of aryl methyl sites for hydroxylation is 1. The Morgan fingerprint density at radius 1 is 1.15 bits per heavy atom. The molecular weight excluding hydrogens is 548 g/mol. The molecule has 41 heavy (non-hydrogen) atoms. The highest BCUT2D eigenvalue weighted by molar-refractivity contribution is 7.22. The zero-order valence-corrected chi connectivity index (χ0v) is 22.9. The number of methoxy groups -OCH3 is 2. The predicted octanol–water partition coefficient (Wildman–Crippen LogP) is 4.82. The quantitative estimate of drug-likeness (QED) is 0.299. The number of benzene rings is 2. The van der Waals surface area contributed by atoms with Crippen LogP contribution in [0.15, 0.2) is 42.7 Å². The molecule has 1 atom stereocenters. The fourth-order valence-corrected chi connectivity index (χ4v) is 5.74. The van der Waals surface area contributed by atoms with Crippen LogP contribution in [0.1, 0.15) is 11.1 Å². The fourth-order valence-electron chi connectivity index (χ4n) is 4.59. The summed E-state index contributed by atoms with van der Waals surface area (Å²) in [5, 5.41) is 20.1. The van der Waals surface area contributed by atoms with Crippen LogP contribution in [0.25, 0.3) is 31.8 Å². The zero-order valence-electron chi connectivity index (χ0n) is 22.1. The molecule has 6 rings (SSSR count). The summed E-state index contributed by atoms with van der Waals surface area (Å²) >= 11 is 1.39. The summed E-state index contributed by atoms with van der Waals surface area (Å²) < 4.78 is 23.4. The number of pyridine rings is 1. The van der Waals surface area contributed by atoms with Crippen LogP contribution in [0.3, 0.4) is 0 Å². The Morgan fingerprint density at radius 2 is 1.98 bits per heavy atom. The number of aromatic nitrogens is 4. The van der Waals surface area contributed by atoms with E-state index >= 15 is 0 Å². The maximum absolute atomic E-state index is 12.0. The molecule has 0 saturated carbocycles. The van der Waals surface area contributed by atoms with Crippen LogP contribution in [0.4, 0.5) is 10.5 Å². The van der Waals surface area contributed by atoms with Crippen molar-refractivity contribution < 1.29 is 28.8 Å². The van der Waals surface area contributed by atoms with Crippen LogP contribution < -0.4 is 23.8 Å². The number of carboxylic acid groups (broad SMARTS) is 1. The number of ether oxygens (including phenoxy) is 4. The van der Waals surface area contributed by atoms with Gasteiger partial charge in [-0.2, -0.15) is 5.26 Å². The molecule has 1 N–H and O–H groups in total. The number of hydrogen-bond donors (Lipinski definition) is 1. The summed E-state index contributed by atoms with van der Waals surface area (Å²) in [6, 6.07) is 10.6. The van der Waals surface area contributed by atoms with Gasteiger partial charge < -0.3 is 24.1 Å². The highest BCUT2D eigenvalue weighted by Gasteiger charge is 2.30. The van der Waals surface area contributed by atoms with Crippen molar-refractivity contribution in [1.29, 1.82) is 5.26 Å². The maximum Gasteiger partial charge on any atom is 0.411 e. The minimum atomic E-state index is -1.14. The Labute approximate surface area is 237 Å². The first-order valence-corrected chi connectivity index (χ1v) is 13.2. The second kappa shape index (κ2) is 10.4. The van der Waals surface area contributed by atoms with Crippen molar-refractivity contribution in [3.05, 3.63) is 53.9 Å². The van der Waals surface area contributed by atoms with Gasteiger partial charge in [-0.05, 0) is 36.8 Å². The number of nitriles is 1. The molecule has 1 aliphatic heterocycles. The number of hydrogen-bond acceptors (Lipinski definition) is 11. The lowest BCUT2D eigenvalue weighted by atomic mass is 10.1. The van der Waals surface area contributed by atoms with Crippen molar-refractivity contribution in [3.8, 4) is 39.9 Å². The van der Waals surface area contributed by atoms with E-state index < -0.39 is 12.2 Å². The Kier molecular flexibility index (Phi) is 6.60. The second-order valence-corrected chi connectivity index (χ2v) is 10.1. The molecule has 0 aliphatic carbocycles. The monoisotopic (exact) mass is 570 g/mol. The van der Waals surface area contributed by atoms with E-state index in [1.807, 2.05) is 13.0 Å². The molecule has 0 radical (unpaired) electrons. The summed E-state index contributed by atoms with van der Waals surface area (Å²) in [4.78, 5) is 31.1. The van der Waals surface area contributed by atoms with Crippen LogP contribution in [0, 0.1) is 18.3 Å². The summed E-state index contributed by atoms with van der Waals surface area (Å²) in [6.45, 7) is 2.08. The summed E-state index contributed by atoms with van der Waals surface area (Å²) in [7, 11) is 3.00. The molecule has 206 valence electrons. The summed E-state index contributed by atoms with van der Waals surface area (Å²) in [5.41, 5.74) is 4.18. The number of fused-ring (bicyclic) bond motifs is 4. The molecule has 13 heteroatoms. The van der Waals surface area contributed by atoms with Crippen LogP contribution >= 0.6 is 11.3 Å². The third-order valence-electron chi connectivity index (χ3n) is 6.54. The molecule has 0 bridgehead atoms. The normalized spacial score (nSPS) is 14.0. The average molecular weight is 571 g/mol. The van der Waals surface area contributed by atoms with Crippen LogP contribution in [0.5, 0.6) is 23.3 Å². The summed E-state index contributed by atoms with van der Waals surface area (Å²) in [5.74, 6) is 1.76. The third-order valence-corrected chi connectivity index (χ3v) is 7.62. The van der Waals surface area contributed by atoms with Gasteiger partial charge in [0, 0.05) is 11.6 Å². The fraction of sp³-hybridized carbons (Fsp3) is 0.214. The van der Waals surface area contributed by atoms with Gasteiger partial charge in [-0.25, -0.2) is 24.7 Å². The molecule has 0 spiro atoms. The molecule has 1 aliphatic rings. The van der Waals surface area contributed by atoms with Crippen molar-refractivity contribution in [1.82, 2.24) is 19.9 Å². The lowest BCUT2D eigenvalue weighted by Gasteiger charge is -2.30. The topological polar surface area (TPSA) is 153 Å². The number of amides is 1. The predicted molar refractivity (Wildman–Crippen MR) is 150 cm³/mol. The lowest BCUT2D eigenvalue weighted by Crippen LogP contribution is -2.43. The second-order valence-electron chi connectivity index (χ2n) is 9.14. The molecule has 0 unspecified atom stereocenters. The highest BCUT2D eigenvalue weighted by Crippen LogP contribution is 2.46. The number of rotatable bonds is 6. The molecule has 0 fully saturated rings. The van der Waals surface area contributed by atoms with Crippen molar-refractivity contribution in [3.63, 3.8) is 0 Å². The van der Waals surface area contributed by atoms with Crippen molar-refractivity contribution in [2.24, 2.45) is 0 Å². The molecule has 1 amide bonds. The van der Waals surface area contributed by atoms with Gasteiger partial charge in [0.1, 0.15) is 16.3 Å². The Morgan fingerprint density at radius 3 is 2.68 bits per heavy atom. The van der Waals surface area contributed by atoms with E-state index in [-0.39, 0.29) is 13.2 Å². The van der Waals surface area contributed by atoms with Gasteiger partial charge in [-0.3, -0.25) is 4.90 Å². The first-order chi connectivity index (χ1) is 19.9. The molecule has 2 aromatic carbocycles. The SMILES string of the molecule is COc1ccc(N(C[C@@H]2COc3c(cc(C)c4nc(-c5cc(C#N)cc6nc(OC)cnc56)sc34)O2)C(=O)O)cn1. The molecule has 5 aromatic rings. The third kappa shape index (κ3) is 4.74. The van der Waals surface area contributed by atoms with Crippen LogP contribution in [0.2, 0.25) is 0 Å². The number of thiazole rings is 1. The number of carbonyl (C=O) groups is 1. The van der Waals surface area contributed by atoms with Gasteiger partial charge in [0.05, 0.1) is 67.0 Å². The maximum atomic E-state index is 12.0. The minimum absolute atomic E-state index is 0.0306. The van der Waals surface area contributed by atoms with E-state index in [1.165, 1.54) is 38.0 Å². The Balaban J connectivity index is 1.34. The molecule has 4 heterocycles. The lowest BCUT2D eigenvalue weighted by molar-refractivity contribution is 0.0961. The van der Waals surface area contributed by atoms with E-state index in [0.29, 0.717) is 56.1 Å². The Bertz CT molecular complexity index is 1850. The smallest absolute Gasteiger partial charge is 0.411 e. The van der Waals surface area contributed by atoms with Crippen molar-refractivity contribution in [2.45, 2.75) is 13.0 Å². The molecule has 12 nitrogen and oxygen atoms in total. The van der Waals surface area contributed by atoms with Crippen molar-refractivity contribution in [2.75, 3.05) is 32.3 Å². The molecule has 0 saturated heterocycles. The van der Waals surface area contributed by atoms with Gasteiger partial charge in [0.15, 0.2) is 17.6 Å². The molecular formula is C28H22N6O6S. The van der Waals surface area contributed by atoms with E-state index in [1.54, 1.807) is 24.3 Å². The van der Waals surface area contributed by atoms with Crippen LogP contribution in [-0.2, 0) is 0 Å². The van der Waals surface area contributed by atoms with E-state index in [2.05, 4.69) is 21.0 Å². The molecule has 3 aromatic heterocycles. The van der Waals surface area contributed by atoms with Gasteiger partial charge in [-0.1, -0.05) is 0 Å². The first kappa shape index (κ1) is 26.0. The largest absolute Gasteiger partial charge is 0.484 e. The van der Waals surface area contributed by atoms with Gasteiger partial charge in [0.25, 0.3) is 0 Å². The van der Waals surface area contributed by atoms with E-state index in [9.17, 15) is 15.2 Å². The van der Waals surface area contributed by atoms with Crippen molar-refractivity contribution >= 4 is 44.4 Å². The van der Waals surface area contributed by atoms with Gasteiger partial charge in [-0.15, -0.1) is 11.3 Å². The number of nitrogens with zero attached hydrogens (tertiary/aromatic N) is 6. The van der Waals surface area contributed by atoms with E-state index in [0.717, 1.165) is 20.7 Å². The number of anilines is 1. The summed E-state index contributed by atoms with van der Waals surface area (Å²) in [6.07, 6.45) is 1.25. The van der Waals surface area contributed by atoms with Gasteiger partial charge >= 0.3 is 6.09 Å². The zero-order chi connectivity index (χ0) is 28.7. The highest BCUT2D eigenvalue weighted by atomic mass is 32.1. The van der Waals surface area contributed by atoms with E-state index in [4.69, 9.17) is 23.9 Å². The average Bonchev–Trinajstić information content (AvgIpc) is 3.45. The minimum Gasteiger partial charge on any atom is -0.484 e. The van der Waals surface area contributed by atoms with Gasteiger partial charge in [0.2, 0.25) is 11.8 Å². The van der Waals surface area contributed by atoms with Crippen LogP contribution in [-0.4, -0.2) is 64.6 Å². The standard InChI is InChI=1S/C28H22N6O6S/c1-14-6-20-25(39-13-17(40-20)12-34(28(35)36)16-4-5-21(37-2)30-10-16)26-23(14)33-27(41-26)18-7-15(9-29)8-19-24(18)31-11-22(32-19)38-3/h4-8,10-11,17H,12-13H2,1-3H3,(H,35,36)/t17-/m1/s1.